The highest BCUT2D eigenvalue weighted by Crippen LogP contribution is 2.52. The number of esters is 1. The molecule has 4 amide bonds. The van der Waals surface area contributed by atoms with Crippen molar-refractivity contribution in [3.8, 4) is 0 Å². The number of nitrogens with zero attached hydrogens (tertiary/aromatic N) is 1. The number of hydrogen-bond acceptors (Lipinski definition) is 10. The monoisotopic (exact) mass is 680 g/mol. The van der Waals surface area contributed by atoms with Gasteiger partial charge >= 0.3 is 12.1 Å². The fraction of sp³-hybridized carbons (Fsp3) is 0.656. The van der Waals surface area contributed by atoms with Crippen molar-refractivity contribution in [1.29, 1.82) is 0 Å². The minimum atomic E-state index is -1.67. The third-order valence-electron chi connectivity index (χ3n) is 7.12. The van der Waals surface area contributed by atoms with Gasteiger partial charge in [0.15, 0.2) is 12.1 Å². The van der Waals surface area contributed by atoms with Gasteiger partial charge in [-0.1, -0.05) is 43.7 Å². The lowest BCUT2D eigenvalue weighted by Crippen LogP contribution is -2.56. The van der Waals surface area contributed by atoms with Crippen LogP contribution in [0.3, 0.4) is 0 Å². The van der Waals surface area contributed by atoms with Crippen molar-refractivity contribution in [2.45, 2.75) is 107 Å². The number of benzene rings is 1. The van der Waals surface area contributed by atoms with Crippen LogP contribution in [0.2, 0.25) is 0 Å². The Bertz CT molecular complexity index is 1240. The Hall–Kier alpha value is -2.97. The molecule has 14 heteroatoms. The van der Waals surface area contributed by atoms with Gasteiger partial charge in [0.25, 0.3) is 5.91 Å². The van der Waals surface area contributed by atoms with Gasteiger partial charge in [-0.05, 0) is 53.5 Å². The summed E-state index contributed by atoms with van der Waals surface area (Å²) in [6.45, 7) is 12.1. The minimum Gasteiger partial charge on any atom is -0.458 e. The molecule has 4 N–H and O–H groups in total. The highest BCUT2D eigenvalue weighted by atomic mass is 32.2. The normalized spacial score (nSPS) is 19.6. The molecule has 12 nitrogen and oxygen atoms in total. The number of aliphatic hydroxyl groups is 1. The van der Waals surface area contributed by atoms with Crippen molar-refractivity contribution in [1.82, 2.24) is 20.9 Å². The van der Waals surface area contributed by atoms with Crippen molar-refractivity contribution >= 4 is 53.3 Å². The third kappa shape index (κ3) is 10.8. The van der Waals surface area contributed by atoms with Crippen molar-refractivity contribution in [3.05, 3.63) is 35.9 Å². The lowest BCUT2D eigenvalue weighted by atomic mass is 10.0. The van der Waals surface area contributed by atoms with E-state index in [2.05, 4.69) is 16.0 Å². The number of aliphatic hydroxyl groups excluding tert-OH is 1. The number of likely N-dealkylation sites (tertiary alicyclic amines) is 1. The number of thioether (sulfide) groups is 2. The Morgan fingerprint density at radius 2 is 1.59 bits per heavy atom. The highest BCUT2D eigenvalue weighted by molar-refractivity contribution is 8.21. The minimum absolute atomic E-state index is 0.273. The van der Waals surface area contributed by atoms with Gasteiger partial charge in [0.2, 0.25) is 11.8 Å². The molecule has 1 aromatic rings. The molecule has 2 unspecified atom stereocenters. The second-order valence-corrected chi connectivity index (χ2v) is 16.7. The van der Waals surface area contributed by atoms with E-state index < -0.39 is 71.8 Å². The maximum absolute atomic E-state index is 13.6. The van der Waals surface area contributed by atoms with E-state index in [1.54, 1.807) is 95.4 Å². The zero-order valence-electron chi connectivity index (χ0n) is 27.7. The largest absolute Gasteiger partial charge is 0.458 e. The molecule has 2 aliphatic rings. The van der Waals surface area contributed by atoms with Crippen LogP contribution in [0.4, 0.5) is 4.79 Å². The van der Waals surface area contributed by atoms with Gasteiger partial charge < -0.3 is 30.5 Å². The number of amides is 4. The fourth-order valence-corrected chi connectivity index (χ4v) is 8.40. The van der Waals surface area contributed by atoms with E-state index >= 15 is 0 Å². The van der Waals surface area contributed by atoms with Crippen molar-refractivity contribution in [2.24, 2.45) is 0 Å². The first-order chi connectivity index (χ1) is 21.4. The van der Waals surface area contributed by atoms with Crippen LogP contribution in [0.25, 0.3) is 0 Å². The van der Waals surface area contributed by atoms with E-state index in [1.165, 1.54) is 4.90 Å². The molecule has 0 aliphatic carbocycles. The smallest absolute Gasteiger partial charge is 0.411 e. The van der Waals surface area contributed by atoms with Crippen LogP contribution in [-0.2, 0) is 28.7 Å². The summed E-state index contributed by atoms with van der Waals surface area (Å²) in [6.07, 6.45) is -1.04. The molecule has 1 aromatic carbocycles. The molecular weight excluding hydrogens is 633 g/mol. The van der Waals surface area contributed by atoms with E-state index in [-0.39, 0.29) is 10.5 Å². The molecule has 0 saturated carbocycles. The molecule has 0 radical (unpaired) electrons. The molecule has 2 saturated heterocycles. The van der Waals surface area contributed by atoms with Crippen LogP contribution in [0.5, 0.6) is 0 Å². The van der Waals surface area contributed by atoms with Gasteiger partial charge in [-0.25, -0.2) is 9.59 Å². The number of hydrogen-bond donors (Lipinski definition) is 4. The number of carbonyl (C=O) groups is 5. The molecule has 0 aromatic heterocycles. The Labute approximate surface area is 279 Å². The Morgan fingerprint density at radius 3 is 2.15 bits per heavy atom. The summed E-state index contributed by atoms with van der Waals surface area (Å²) in [4.78, 5) is 66.9. The SMILES string of the molecule is CCCC(NC(=O)[C@@H]1CC2(CN1C(=O)OC(C)(C)C)SCCS2)C(O)C(=O)NCC(=O)N[C@H](C(=O)OC(C)(C)C)c1ccccc1. The molecule has 2 heterocycles. The summed E-state index contributed by atoms with van der Waals surface area (Å²) in [6, 6.07) is 5.66. The Morgan fingerprint density at radius 1 is 0.978 bits per heavy atom. The first-order valence-electron chi connectivity index (χ1n) is 15.5. The van der Waals surface area contributed by atoms with Crippen molar-refractivity contribution in [2.75, 3.05) is 24.6 Å². The summed E-state index contributed by atoms with van der Waals surface area (Å²) >= 11 is 3.44. The lowest BCUT2D eigenvalue weighted by molar-refractivity contribution is -0.158. The van der Waals surface area contributed by atoms with E-state index in [1.807, 2.05) is 6.92 Å². The average molecular weight is 681 g/mol. The van der Waals surface area contributed by atoms with Gasteiger partial charge in [0, 0.05) is 24.5 Å². The first kappa shape index (κ1) is 37.5. The van der Waals surface area contributed by atoms with E-state index in [0.717, 1.165) is 11.5 Å². The summed E-state index contributed by atoms with van der Waals surface area (Å²) in [7, 11) is 0. The number of carbonyl (C=O) groups excluding carboxylic acids is 5. The van der Waals surface area contributed by atoms with Crippen LogP contribution in [0.1, 0.15) is 79.3 Å². The quantitative estimate of drug-likeness (QED) is 0.256. The third-order valence-corrected chi connectivity index (χ3v) is 10.5. The standard InChI is InChI=1S/C32H48N4O8S2/c1-8-12-21(34-26(39)22-17-32(45-15-16-46-32)19-36(22)29(42)44-31(5,6)7)25(38)27(40)33-18-23(37)35-24(20-13-10-9-11-14-20)28(41)43-30(2,3)4/h9-11,13-14,21-22,24-25,38H,8,12,15-19H2,1-7H3,(H,33,40)(H,34,39)(H,35,37)/t21?,22-,24-,25?/m0/s1. The predicted molar refractivity (Wildman–Crippen MR) is 178 cm³/mol. The van der Waals surface area contributed by atoms with Crippen LogP contribution in [-0.4, -0.2) is 97.9 Å². The van der Waals surface area contributed by atoms with Crippen molar-refractivity contribution in [3.63, 3.8) is 0 Å². The highest BCUT2D eigenvalue weighted by Gasteiger charge is 2.52. The first-order valence-corrected chi connectivity index (χ1v) is 17.5. The number of rotatable bonds is 11. The van der Waals surface area contributed by atoms with Crippen LogP contribution < -0.4 is 16.0 Å². The van der Waals surface area contributed by atoms with Crippen LogP contribution >= 0.6 is 23.5 Å². The zero-order chi connectivity index (χ0) is 34.3. The van der Waals surface area contributed by atoms with Crippen LogP contribution in [0.15, 0.2) is 30.3 Å². The summed E-state index contributed by atoms with van der Waals surface area (Å²) < 4.78 is 10.8. The van der Waals surface area contributed by atoms with Gasteiger partial charge in [0.1, 0.15) is 17.2 Å². The summed E-state index contributed by atoms with van der Waals surface area (Å²) in [5.74, 6) is -0.857. The molecule has 4 atom stereocenters. The van der Waals surface area contributed by atoms with Crippen LogP contribution in [0, 0.1) is 0 Å². The average Bonchev–Trinajstić information content (AvgIpc) is 3.59. The van der Waals surface area contributed by atoms with Gasteiger partial charge in [-0.3, -0.25) is 19.3 Å². The molecule has 2 aliphatic heterocycles. The van der Waals surface area contributed by atoms with E-state index in [4.69, 9.17) is 9.47 Å². The molecule has 256 valence electrons. The Balaban J connectivity index is 1.65. The van der Waals surface area contributed by atoms with Gasteiger partial charge in [-0.15, -0.1) is 23.5 Å². The van der Waals surface area contributed by atoms with Crippen molar-refractivity contribution < 1.29 is 38.6 Å². The zero-order valence-corrected chi connectivity index (χ0v) is 29.3. The van der Waals surface area contributed by atoms with Gasteiger partial charge in [0.05, 0.1) is 16.7 Å². The molecule has 3 rings (SSSR count). The maximum Gasteiger partial charge on any atom is 0.411 e. The number of ether oxygens (including phenoxy) is 2. The topological polar surface area (TPSA) is 163 Å². The van der Waals surface area contributed by atoms with Gasteiger partial charge in [-0.2, -0.15) is 0 Å². The fourth-order valence-electron chi connectivity index (χ4n) is 5.14. The summed E-state index contributed by atoms with van der Waals surface area (Å²) in [5.41, 5.74) is -1.03. The lowest BCUT2D eigenvalue weighted by Gasteiger charge is -2.30. The maximum atomic E-state index is 13.6. The molecule has 46 heavy (non-hydrogen) atoms. The summed E-state index contributed by atoms with van der Waals surface area (Å²) in [5, 5.41) is 18.8. The molecule has 1 spiro atoms. The Kier molecular flexibility index (Phi) is 12.8. The second kappa shape index (κ2) is 15.7. The predicted octanol–water partition coefficient (Wildman–Crippen LogP) is 3.13. The molecule has 0 bridgehead atoms. The second-order valence-electron chi connectivity index (χ2n) is 13.4. The number of nitrogens with one attached hydrogen (secondary N) is 3. The molecule has 2 fully saturated rings. The molecular formula is C32H48N4O8S2. The van der Waals surface area contributed by atoms with E-state index in [9.17, 15) is 29.1 Å². The van der Waals surface area contributed by atoms with E-state index in [0.29, 0.717) is 24.9 Å².